The minimum atomic E-state index is 0.333. The Morgan fingerprint density at radius 1 is 1.12 bits per heavy atom. The van der Waals surface area contributed by atoms with Gasteiger partial charge in [0.25, 0.3) is 0 Å². The first kappa shape index (κ1) is 18.6. The molecule has 1 fully saturated rings. The van der Waals surface area contributed by atoms with E-state index < -0.39 is 0 Å². The van der Waals surface area contributed by atoms with Gasteiger partial charge in [-0.15, -0.1) is 0 Å². The first-order chi connectivity index (χ1) is 12.6. The van der Waals surface area contributed by atoms with Crippen LogP contribution in [0.1, 0.15) is 56.4 Å². The van der Waals surface area contributed by atoms with Crippen LogP contribution >= 0.6 is 0 Å². The Hall–Kier alpha value is -2.14. The van der Waals surface area contributed by atoms with E-state index in [9.17, 15) is 0 Å². The number of benzene rings is 1. The summed E-state index contributed by atoms with van der Waals surface area (Å²) >= 11 is 0. The summed E-state index contributed by atoms with van der Waals surface area (Å²) in [6.07, 6.45) is 5.69. The maximum atomic E-state index is 5.91. The molecule has 3 N–H and O–H groups in total. The van der Waals surface area contributed by atoms with E-state index in [4.69, 9.17) is 5.73 Å². The lowest BCUT2D eigenvalue weighted by molar-refractivity contribution is 0.331. The Labute approximate surface area is 157 Å². The standard InChI is InChI=1S/C21H31N5/c1-3-6-16(2)23-20-14-19(24-21(22)25-20)13-17-7-9-18(10-8-17)15-26-11-4-5-12-26/h7-10,14,16H,3-6,11-13,15H2,1-2H3,(H3,22,23,24,25)/t16-/m0/s1. The maximum Gasteiger partial charge on any atom is 0.222 e. The Bertz CT molecular complexity index is 692. The molecule has 0 bridgehead atoms. The molecule has 0 amide bonds. The molecule has 1 atom stereocenters. The Morgan fingerprint density at radius 3 is 2.50 bits per heavy atom. The van der Waals surface area contributed by atoms with E-state index in [1.807, 2.05) is 6.07 Å². The van der Waals surface area contributed by atoms with E-state index in [-0.39, 0.29) is 0 Å². The SMILES string of the molecule is CCC[C@H](C)Nc1cc(Cc2ccc(CN3CCCC3)cc2)nc(N)n1. The van der Waals surface area contributed by atoms with Crippen molar-refractivity contribution >= 4 is 11.8 Å². The van der Waals surface area contributed by atoms with Crippen LogP contribution in [0.3, 0.4) is 0 Å². The van der Waals surface area contributed by atoms with Crippen molar-refractivity contribution in [3.05, 3.63) is 47.2 Å². The molecular weight excluding hydrogens is 322 g/mol. The van der Waals surface area contributed by atoms with Gasteiger partial charge in [-0.25, -0.2) is 4.98 Å². The fourth-order valence-corrected chi connectivity index (χ4v) is 3.61. The smallest absolute Gasteiger partial charge is 0.222 e. The summed E-state index contributed by atoms with van der Waals surface area (Å²) < 4.78 is 0. The van der Waals surface area contributed by atoms with Gasteiger partial charge >= 0.3 is 0 Å². The molecule has 1 aromatic carbocycles. The first-order valence-corrected chi connectivity index (χ1v) is 9.82. The van der Waals surface area contributed by atoms with Gasteiger partial charge in [0, 0.05) is 25.1 Å². The number of nitrogen functional groups attached to an aromatic ring is 1. The number of aromatic nitrogens is 2. The largest absolute Gasteiger partial charge is 0.368 e. The zero-order valence-corrected chi connectivity index (χ0v) is 16.0. The molecular formula is C21H31N5. The average molecular weight is 354 g/mol. The van der Waals surface area contributed by atoms with Gasteiger partial charge in [-0.05, 0) is 50.4 Å². The average Bonchev–Trinajstić information content (AvgIpc) is 3.09. The van der Waals surface area contributed by atoms with Crippen LogP contribution in [0.25, 0.3) is 0 Å². The molecule has 1 aromatic heterocycles. The molecule has 3 rings (SSSR count). The molecule has 0 unspecified atom stereocenters. The van der Waals surface area contributed by atoms with Crippen LogP contribution in [0.15, 0.2) is 30.3 Å². The van der Waals surface area contributed by atoms with Crippen molar-refractivity contribution in [2.45, 2.75) is 58.5 Å². The van der Waals surface area contributed by atoms with Crippen molar-refractivity contribution < 1.29 is 0 Å². The molecule has 2 heterocycles. The van der Waals surface area contributed by atoms with Crippen molar-refractivity contribution in [2.24, 2.45) is 0 Å². The zero-order chi connectivity index (χ0) is 18.4. The van der Waals surface area contributed by atoms with Crippen LogP contribution in [0.2, 0.25) is 0 Å². The summed E-state index contributed by atoms with van der Waals surface area (Å²) in [6, 6.07) is 11.3. The van der Waals surface area contributed by atoms with Gasteiger partial charge in [0.2, 0.25) is 5.95 Å². The van der Waals surface area contributed by atoms with Crippen molar-refractivity contribution in [3.63, 3.8) is 0 Å². The Balaban J connectivity index is 1.63. The normalized spacial score (nSPS) is 15.9. The summed E-state index contributed by atoms with van der Waals surface area (Å²) in [5.74, 6) is 1.15. The summed E-state index contributed by atoms with van der Waals surface area (Å²) in [5.41, 5.74) is 9.50. The van der Waals surface area contributed by atoms with Gasteiger partial charge < -0.3 is 11.1 Å². The maximum absolute atomic E-state index is 5.91. The topological polar surface area (TPSA) is 67.1 Å². The second-order valence-corrected chi connectivity index (χ2v) is 7.41. The van der Waals surface area contributed by atoms with Gasteiger partial charge in [0.1, 0.15) is 5.82 Å². The second kappa shape index (κ2) is 8.99. The number of hydrogen-bond acceptors (Lipinski definition) is 5. The highest BCUT2D eigenvalue weighted by Crippen LogP contribution is 2.17. The monoisotopic (exact) mass is 353 g/mol. The molecule has 26 heavy (non-hydrogen) atoms. The molecule has 1 saturated heterocycles. The fraction of sp³-hybridized carbons (Fsp3) is 0.524. The number of hydrogen-bond donors (Lipinski definition) is 2. The van der Waals surface area contributed by atoms with Gasteiger partial charge in [-0.1, -0.05) is 37.6 Å². The summed E-state index contributed by atoms with van der Waals surface area (Å²) in [7, 11) is 0. The van der Waals surface area contributed by atoms with Crippen LogP contribution < -0.4 is 11.1 Å². The Kier molecular flexibility index (Phi) is 6.45. The number of likely N-dealkylation sites (tertiary alicyclic amines) is 1. The Morgan fingerprint density at radius 2 is 1.81 bits per heavy atom. The van der Waals surface area contributed by atoms with Crippen molar-refractivity contribution in [3.8, 4) is 0 Å². The minimum Gasteiger partial charge on any atom is -0.368 e. The molecule has 0 spiro atoms. The summed E-state index contributed by atoms with van der Waals surface area (Å²) in [5, 5.41) is 3.42. The molecule has 2 aromatic rings. The lowest BCUT2D eigenvalue weighted by Crippen LogP contribution is -2.18. The van der Waals surface area contributed by atoms with E-state index >= 15 is 0 Å². The van der Waals surface area contributed by atoms with E-state index in [1.54, 1.807) is 0 Å². The predicted molar refractivity (Wildman–Crippen MR) is 108 cm³/mol. The van der Waals surface area contributed by atoms with E-state index in [0.29, 0.717) is 12.0 Å². The molecule has 5 heteroatoms. The van der Waals surface area contributed by atoms with Crippen LogP contribution in [0, 0.1) is 0 Å². The molecule has 1 aliphatic rings. The van der Waals surface area contributed by atoms with Gasteiger partial charge in [0.15, 0.2) is 0 Å². The third-order valence-corrected chi connectivity index (χ3v) is 4.93. The number of nitrogens with two attached hydrogens (primary N) is 1. The highest BCUT2D eigenvalue weighted by molar-refractivity contribution is 5.42. The minimum absolute atomic E-state index is 0.333. The van der Waals surface area contributed by atoms with E-state index in [0.717, 1.165) is 37.3 Å². The summed E-state index contributed by atoms with van der Waals surface area (Å²) in [4.78, 5) is 11.2. The van der Waals surface area contributed by atoms with Crippen LogP contribution in [0.4, 0.5) is 11.8 Å². The third-order valence-electron chi connectivity index (χ3n) is 4.93. The molecule has 0 saturated carbocycles. The van der Waals surface area contributed by atoms with Crippen molar-refractivity contribution in [1.82, 2.24) is 14.9 Å². The highest BCUT2D eigenvalue weighted by Gasteiger charge is 2.12. The van der Waals surface area contributed by atoms with Gasteiger partial charge in [-0.3, -0.25) is 4.90 Å². The van der Waals surface area contributed by atoms with Crippen LogP contribution in [-0.4, -0.2) is 34.0 Å². The third kappa shape index (κ3) is 5.43. The number of rotatable bonds is 8. The highest BCUT2D eigenvalue weighted by atomic mass is 15.1. The molecule has 1 aliphatic heterocycles. The zero-order valence-electron chi connectivity index (χ0n) is 16.0. The molecule has 5 nitrogen and oxygen atoms in total. The molecule has 0 radical (unpaired) electrons. The van der Waals surface area contributed by atoms with Crippen LogP contribution in [-0.2, 0) is 13.0 Å². The second-order valence-electron chi connectivity index (χ2n) is 7.41. The lowest BCUT2D eigenvalue weighted by atomic mass is 10.1. The molecule has 140 valence electrons. The fourth-order valence-electron chi connectivity index (χ4n) is 3.61. The van der Waals surface area contributed by atoms with Crippen molar-refractivity contribution in [2.75, 3.05) is 24.1 Å². The van der Waals surface area contributed by atoms with Crippen LogP contribution in [0.5, 0.6) is 0 Å². The van der Waals surface area contributed by atoms with Crippen molar-refractivity contribution in [1.29, 1.82) is 0 Å². The van der Waals surface area contributed by atoms with E-state index in [1.165, 1.54) is 37.1 Å². The van der Waals surface area contributed by atoms with Gasteiger partial charge in [0.05, 0.1) is 5.69 Å². The van der Waals surface area contributed by atoms with Gasteiger partial charge in [-0.2, -0.15) is 4.98 Å². The molecule has 0 aliphatic carbocycles. The summed E-state index contributed by atoms with van der Waals surface area (Å²) in [6.45, 7) is 7.87. The lowest BCUT2D eigenvalue weighted by Gasteiger charge is -2.15. The quantitative estimate of drug-likeness (QED) is 0.754. The van der Waals surface area contributed by atoms with E-state index in [2.05, 4.69) is 58.3 Å². The predicted octanol–water partition coefficient (Wildman–Crippen LogP) is 3.85. The number of nitrogens with zero attached hydrogens (tertiary/aromatic N) is 3. The first-order valence-electron chi connectivity index (χ1n) is 9.82. The number of anilines is 2. The number of nitrogens with one attached hydrogen (secondary N) is 1.